The van der Waals surface area contributed by atoms with E-state index in [1.165, 1.54) is 17.3 Å². The summed E-state index contributed by atoms with van der Waals surface area (Å²) < 4.78 is 7.46. The molecular formula is C27H23N5O2S. The number of carbonyl (C=O) groups is 1. The van der Waals surface area contributed by atoms with Gasteiger partial charge in [0, 0.05) is 41.0 Å². The number of rotatable bonds is 6. The summed E-state index contributed by atoms with van der Waals surface area (Å²) in [6.07, 6.45) is 2.84. The zero-order valence-corrected chi connectivity index (χ0v) is 20.0. The molecule has 6 rings (SSSR count). The molecule has 0 fully saturated rings. The first-order valence-electron chi connectivity index (χ1n) is 11.4. The summed E-state index contributed by atoms with van der Waals surface area (Å²) in [6, 6.07) is 24.0. The number of thioether (sulfide) groups is 1. The van der Waals surface area contributed by atoms with E-state index >= 15 is 0 Å². The molecule has 174 valence electrons. The molecule has 35 heavy (non-hydrogen) atoms. The average Bonchev–Trinajstić information content (AvgIpc) is 3.63. The summed E-state index contributed by atoms with van der Waals surface area (Å²) in [5.74, 6) is 1.78. The van der Waals surface area contributed by atoms with E-state index in [1.54, 1.807) is 7.11 Å². The molecule has 0 saturated heterocycles. The number of hydrogen-bond acceptors (Lipinski definition) is 5. The van der Waals surface area contributed by atoms with Gasteiger partial charge in [0.1, 0.15) is 5.75 Å². The molecule has 7 nitrogen and oxygen atoms in total. The topological polar surface area (TPSA) is 76.0 Å². The third-order valence-corrected chi connectivity index (χ3v) is 7.20. The molecule has 1 aliphatic heterocycles. The Morgan fingerprint density at radius 1 is 1.06 bits per heavy atom. The number of nitrogens with one attached hydrogen (secondary N) is 1. The summed E-state index contributed by atoms with van der Waals surface area (Å²) in [7, 11) is 1.65. The van der Waals surface area contributed by atoms with Gasteiger partial charge < -0.3 is 14.6 Å². The molecule has 0 saturated carbocycles. The number of fused-ring (bicyclic) bond motifs is 2. The maximum Gasteiger partial charge on any atom is 0.237 e. The molecule has 1 amide bonds. The third kappa shape index (κ3) is 3.85. The molecule has 1 aliphatic rings. The van der Waals surface area contributed by atoms with Crippen molar-refractivity contribution in [2.75, 3.05) is 24.3 Å². The standard InChI is InChI=1S/C27H23N5O2S/c1-34-20-9-6-8-19(15-20)32-26(22-16-28-23-11-4-3-10-21(22)23)29-30-27(32)35-17-25(33)31-14-13-18-7-2-5-12-24(18)31/h2-12,15-16,28H,13-14,17H2,1H3. The number of para-hydroxylation sites is 2. The Hall–Kier alpha value is -4.04. The smallest absolute Gasteiger partial charge is 0.237 e. The van der Waals surface area contributed by atoms with Crippen LogP contribution in [-0.4, -0.2) is 45.1 Å². The number of hydrogen-bond donors (Lipinski definition) is 1. The number of benzene rings is 3. The fraction of sp³-hybridized carbons (Fsp3) is 0.148. The molecule has 0 aliphatic carbocycles. The van der Waals surface area contributed by atoms with Gasteiger partial charge in [0.2, 0.25) is 5.91 Å². The van der Waals surface area contributed by atoms with Crippen molar-refractivity contribution in [2.24, 2.45) is 0 Å². The number of anilines is 1. The number of carbonyl (C=O) groups excluding carboxylic acids is 1. The largest absolute Gasteiger partial charge is 0.497 e. The zero-order valence-electron chi connectivity index (χ0n) is 19.1. The van der Waals surface area contributed by atoms with Crippen molar-refractivity contribution < 1.29 is 9.53 Å². The van der Waals surface area contributed by atoms with Gasteiger partial charge in [-0.1, -0.05) is 54.2 Å². The highest BCUT2D eigenvalue weighted by molar-refractivity contribution is 7.99. The SMILES string of the molecule is COc1cccc(-n2c(SCC(=O)N3CCc4ccccc43)nnc2-c2c[nH]c3ccccc23)c1. The molecule has 0 spiro atoms. The predicted molar refractivity (Wildman–Crippen MR) is 138 cm³/mol. The Balaban J connectivity index is 1.36. The van der Waals surface area contributed by atoms with E-state index in [4.69, 9.17) is 4.74 Å². The highest BCUT2D eigenvalue weighted by Gasteiger charge is 2.26. The van der Waals surface area contributed by atoms with Crippen LogP contribution < -0.4 is 9.64 Å². The van der Waals surface area contributed by atoms with Gasteiger partial charge in [-0.3, -0.25) is 9.36 Å². The highest BCUT2D eigenvalue weighted by atomic mass is 32.2. The van der Waals surface area contributed by atoms with Gasteiger partial charge >= 0.3 is 0 Å². The molecule has 2 aromatic heterocycles. The zero-order chi connectivity index (χ0) is 23.8. The van der Waals surface area contributed by atoms with Crippen LogP contribution in [-0.2, 0) is 11.2 Å². The van der Waals surface area contributed by atoms with Crippen LogP contribution in [0, 0.1) is 0 Å². The Kier molecular flexibility index (Phi) is 5.50. The normalized spacial score (nSPS) is 12.8. The van der Waals surface area contributed by atoms with Gasteiger partial charge in [0.15, 0.2) is 11.0 Å². The quantitative estimate of drug-likeness (QED) is 0.341. The van der Waals surface area contributed by atoms with Crippen molar-refractivity contribution in [2.45, 2.75) is 11.6 Å². The number of aromatic amines is 1. The number of H-pyrrole nitrogens is 1. The lowest BCUT2D eigenvalue weighted by Gasteiger charge is -2.17. The van der Waals surface area contributed by atoms with Crippen LogP contribution in [0.2, 0.25) is 0 Å². The Bertz CT molecular complexity index is 1540. The van der Waals surface area contributed by atoms with Gasteiger partial charge in [-0.15, -0.1) is 10.2 Å². The lowest BCUT2D eigenvalue weighted by atomic mass is 10.1. The molecule has 3 heterocycles. The summed E-state index contributed by atoms with van der Waals surface area (Å²) in [4.78, 5) is 18.4. The number of methoxy groups -OCH3 is 1. The second kappa shape index (κ2) is 8.96. The van der Waals surface area contributed by atoms with Crippen molar-refractivity contribution in [3.8, 4) is 22.8 Å². The maximum absolute atomic E-state index is 13.2. The minimum absolute atomic E-state index is 0.0637. The van der Waals surface area contributed by atoms with Crippen molar-refractivity contribution in [3.05, 3.63) is 84.6 Å². The number of amides is 1. The predicted octanol–water partition coefficient (Wildman–Crippen LogP) is 5.11. The number of ether oxygens (including phenoxy) is 1. The average molecular weight is 482 g/mol. The van der Waals surface area contributed by atoms with Gasteiger partial charge in [-0.25, -0.2) is 0 Å². The molecule has 1 N–H and O–H groups in total. The molecule has 5 aromatic rings. The molecule has 3 aromatic carbocycles. The fourth-order valence-electron chi connectivity index (χ4n) is 4.58. The summed E-state index contributed by atoms with van der Waals surface area (Å²) in [5, 5.41) is 10.8. The first kappa shape index (κ1) is 21.5. The Morgan fingerprint density at radius 2 is 1.91 bits per heavy atom. The molecule has 0 bridgehead atoms. The second-order valence-electron chi connectivity index (χ2n) is 8.30. The van der Waals surface area contributed by atoms with Crippen LogP contribution in [0.25, 0.3) is 28.0 Å². The van der Waals surface area contributed by atoms with Crippen LogP contribution in [0.5, 0.6) is 5.75 Å². The monoisotopic (exact) mass is 481 g/mol. The minimum Gasteiger partial charge on any atom is -0.497 e. The van der Waals surface area contributed by atoms with Crippen molar-refractivity contribution in [3.63, 3.8) is 0 Å². The highest BCUT2D eigenvalue weighted by Crippen LogP contribution is 2.34. The van der Waals surface area contributed by atoms with E-state index in [2.05, 4.69) is 27.3 Å². The van der Waals surface area contributed by atoms with Gasteiger partial charge in [0.05, 0.1) is 18.6 Å². The first-order chi connectivity index (χ1) is 17.2. The summed E-state index contributed by atoms with van der Waals surface area (Å²) in [6.45, 7) is 0.710. The van der Waals surface area contributed by atoms with Crippen LogP contribution in [0.1, 0.15) is 5.56 Å². The van der Waals surface area contributed by atoms with Crippen molar-refractivity contribution in [1.29, 1.82) is 0 Å². The van der Waals surface area contributed by atoms with Crippen LogP contribution in [0.4, 0.5) is 5.69 Å². The Labute approximate surface area is 206 Å². The summed E-state index contributed by atoms with van der Waals surface area (Å²) in [5.41, 5.74) is 5.07. The molecular weight excluding hydrogens is 458 g/mol. The van der Waals surface area contributed by atoms with Gasteiger partial charge in [-0.2, -0.15) is 0 Å². The minimum atomic E-state index is 0.0637. The van der Waals surface area contributed by atoms with E-state index in [0.717, 1.165) is 40.0 Å². The fourth-order valence-corrected chi connectivity index (χ4v) is 5.41. The van der Waals surface area contributed by atoms with E-state index in [9.17, 15) is 4.79 Å². The molecule has 0 unspecified atom stereocenters. The van der Waals surface area contributed by atoms with Crippen molar-refractivity contribution in [1.82, 2.24) is 19.7 Å². The van der Waals surface area contributed by atoms with Crippen LogP contribution >= 0.6 is 11.8 Å². The molecule has 8 heteroatoms. The van der Waals surface area contributed by atoms with Gasteiger partial charge in [-0.05, 0) is 36.2 Å². The maximum atomic E-state index is 13.2. The lowest BCUT2D eigenvalue weighted by molar-refractivity contribution is -0.116. The second-order valence-corrected chi connectivity index (χ2v) is 9.25. The van der Waals surface area contributed by atoms with E-state index in [-0.39, 0.29) is 11.7 Å². The van der Waals surface area contributed by atoms with Crippen LogP contribution in [0.15, 0.2) is 84.1 Å². The van der Waals surface area contributed by atoms with E-state index in [0.29, 0.717) is 17.5 Å². The first-order valence-corrected chi connectivity index (χ1v) is 12.4. The van der Waals surface area contributed by atoms with Gasteiger partial charge in [0.25, 0.3) is 0 Å². The van der Waals surface area contributed by atoms with E-state index < -0.39 is 0 Å². The molecule has 0 radical (unpaired) electrons. The van der Waals surface area contributed by atoms with E-state index in [1.807, 2.05) is 76.3 Å². The summed E-state index contributed by atoms with van der Waals surface area (Å²) >= 11 is 1.40. The number of nitrogens with zero attached hydrogens (tertiary/aromatic N) is 4. The third-order valence-electron chi connectivity index (χ3n) is 6.29. The molecule has 0 atom stereocenters. The Morgan fingerprint density at radius 3 is 2.83 bits per heavy atom. The van der Waals surface area contributed by atoms with Crippen molar-refractivity contribution >= 4 is 34.3 Å². The number of aromatic nitrogens is 4. The lowest BCUT2D eigenvalue weighted by Crippen LogP contribution is -2.30. The van der Waals surface area contributed by atoms with Crippen LogP contribution in [0.3, 0.4) is 0 Å².